The SMILES string of the molecule is c1ccc(-c2cccc(-c3ccccc3)c2N(c2cccc(-c3ccc4c(c3)c(-c3ccccc3)c(-c3ccccc3)c3ccccc34)c2)c2cccc3oc4ccccc4c23)cc1. The topological polar surface area (TPSA) is 16.4 Å². The molecule has 0 radical (unpaired) electrons. The largest absolute Gasteiger partial charge is 0.456 e. The first-order valence-corrected chi connectivity index (χ1v) is 21.9. The molecule has 64 heavy (non-hydrogen) atoms. The highest BCUT2D eigenvalue weighted by molar-refractivity contribution is 6.22. The number of hydrogen-bond acceptors (Lipinski definition) is 2. The highest BCUT2D eigenvalue weighted by Crippen LogP contribution is 2.51. The standard InChI is InChI=1S/C62H41NO/c1-5-20-42(21-6-1)49-33-18-34-50(43-22-7-2-8-23-43)62(49)63(56-35-19-37-58-61(56)54-32-15-16-36-57(54)64-58)48-29-17-28-46(40-48)47-38-39-52-51-30-13-14-31-53(51)59(44-24-9-3-10-25-44)60(55(52)41-47)45-26-11-4-12-27-45/h1-41H. The molecule has 300 valence electrons. The third kappa shape index (κ3) is 6.35. The van der Waals surface area contributed by atoms with E-state index in [0.29, 0.717) is 0 Å². The summed E-state index contributed by atoms with van der Waals surface area (Å²) >= 11 is 0. The van der Waals surface area contributed by atoms with Crippen LogP contribution in [-0.4, -0.2) is 0 Å². The fraction of sp³-hybridized carbons (Fsp3) is 0. The number of anilines is 3. The second kappa shape index (κ2) is 15.8. The zero-order valence-electron chi connectivity index (χ0n) is 35.0. The van der Waals surface area contributed by atoms with E-state index in [4.69, 9.17) is 4.42 Å². The molecule has 0 unspecified atom stereocenters. The summed E-state index contributed by atoms with van der Waals surface area (Å²) in [7, 11) is 0. The van der Waals surface area contributed by atoms with Crippen LogP contribution in [-0.2, 0) is 0 Å². The van der Waals surface area contributed by atoms with Crippen LogP contribution in [0.15, 0.2) is 253 Å². The summed E-state index contributed by atoms with van der Waals surface area (Å²) in [5.74, 6) is 0. The lowest BCUT2D eigenvalue weighted by Gasteiger charge is -2.31. The van der Waals surface area contributed by atoms with Crippen LogP contribution < -0.4 is 4.90 Å². The Morgan fingerprint density at radius 1 is 0.281 bits per heavy atom. The van der Waals surface area contributed by atoms with Gasteiger partial charge in [-0.25, -0.2) is 0 Å². The van der Waals surface area contributed by atoms with Crippen molar-refractivity contribution in [3.05, 3.63) is 249 Å². The van der Waals surface area contributed by atoms with E-state index in [1.54, 1.807) is 0 Å². The Balaban J connectivity index is 1.14. The maximum absolute atomic E-state index is 6.57. The first-order valence-electron chi connectivity index (χ1n) is 21.9. The monoisotopic (exact) mass is 815 g/mol. The molecule has 0 saturated heterocycles. The minimum Gasteiger partial charge on any atom is -0.456 e. The summed E-state index contributed by atoms with van der Waals surface area (Å²) in [6, 6.07) is 89.7. The molecule has 0 aliphatic rings. The van der Waals surface area contributed by atoms with Crippen LogP contribution in [0.25, 0.3) is 99.1 Å². The molecule has 11 aromatic carbocycles. The lowest BCUT2D eigenvalue weighted by molar-refractivity contribution is 0.669. The average Bonchev–Trinajstić information content (AvgIpc) is 3.76. The minimum absolute atomic E-state index is 0.850. The van der Waals surface area contributed by atoms with E-state index in [1.165, 1.54) is 43.8 Å². The molecule has 0 spiro atoms. The van der Waals surface area contributed by atoms with Crippen molar-refractivity contribution < 1.29 is 4.42 Å². The molecule has 0 aliphatic heterocycles. The lowest BCUT2D eigenvalue weighted by Crippen LogP contribution is -2.13. The van der Waals surface area contributed by atoms with Gasteiger partial charge in [-0.2, -0.15) is 0 Å². The Morgan fingerprint density at radius 3 is 1.41 bits per heavy atom. The summed E-state index contributed by atoms with van der Waals surface area (Å²) in [5, 5.41) is 7.10. The zero-order valence-corrected chi connectivity index (χ0v) is 35.0. The molecular formula is C62H41NO. The van der Waals surface area contributed by atoms with Crippen LogP contribution in [0.5, 0.6) is 0 Å². The fourth-order valence-electron chi connectivity index (χ4n) is 9.82. The highest BCUT2D eigenvalue weighted by atomic mass is 16.3. The highest BCUT2D eigenvalue weighted by Gasteiger charge is 2.26. The Labute approximate surface area is 372 Å². The maximum Gasteiger partial charge on any atom is 0.137 e. The van der Waals surface area contributed by atoms with Crippen molar-refractivity contribution in [1.29, 1.82) is 0 Å². The van der Waals surface area contributed by atoms with E-state index in [1.807, 2.05) is 6.07 Å². The molecule has 2 heteroatoms. The van der Waals surface area contributed by atoms with E-state index in [-0.39, 0.29) is 0 Å². The normalized spacial score (nSPS) is 11.4. The molecule has 0 bridgehead atoms. The average molecular weight is 816 g/mol. The predicted molar refractivity (Wildman–Crippen MR) is 271 cm³/mol. The Hall–Kier alpha value is -8.46. The van der Waals surface area contributed by atoms with E-state index in [0.717, 1.165) is 72.4 Å². The summed E-state index contributed by atoms with van der Waals surface area (Å²) in [4.78, 5) is 2.47. The number of nitrogens with zero attached hydrogens (tertiary/aromatic N) is 1. The molecule has 0 aliphatic carbocycles. The minimum atomic E-state index is 0.850. The van der Waals surface area contributed by atoms with E-state index >= 15 is 0 Å². The van der Waals surface area contributed by atoms with Crippen molar-refractivity contribution in [1.82, 2.24) is 0 Å². The van der Waals surface area contributed by atoms with Gasteiger partial charge in [0, 0.05) is 22.2 Å². The lowest BCUT2D eigenvalue weighted by atomic mass is 9.84. The second-order valence-electron chi connectivity index (χ2n) is 16.4. The van der Waals surface area contributed by atoms with E-state index in [2.05, 4.69) is 248 Å². The molecule has 1 heterocycles. The molecule has 1 aromatic heterocycles. The molecule has 12 rings (SSSR count). The van der Waals surface area contributed by atoms with Gasteiger partial charge in [-0.05, 0) is 102 Å². The van der Waals surface area contributed by atoms with Crippen LogP contribution in [0, 0.1) is 0 Å². The van der Waals surface area contributed by atoms with Gasteiger partial charge in [0.2, 0.25) is 0 Å². The number of rotatable bonds is 8. The first-order chi connectivity index (χ1) is 31.8. The summed E-state index contributed by atoms with van der Waals surface area (Å²) in [6.07, 6.45) is 0. The number of para-hydroxylation sites is 2. The van der Waals surface area contributed by atoms with E-state index < -0.39 is 0 Å². The van der Waals surface area contributed by atoms with Crippen molar-refractivity contribution in [2.24, 2.45) is 0 Å². The zero-order chi connectivity index (χ0) is 42.4. The fourth-order valence-corrected chi connectivity index (χ4v) is 9.82. The number of fused-ring (bicyclic) bond motifs is 6. The van der Waals surface area contributed by atoms with Gasteiger partial charge < -0.3 is 9.32 Å². The van der Waals surface area contributed by atoms with Crippen LogP contribution in [0.4, 0.5) is 17.1 Å². The molecule has 0 atom stereocenters. The van der Waals surface area contributed by atoms with Gasteiger partial charge in [0.15, 0.2) is 0 Å². The maximum atomic E-state index is 6.57. The van der Waals surface area contributed by atoms with Gasteiger partial charge in [-0.3, -0.25) is 0 Å². The van der Waals surface area contributed by atoms with Gasteiger partial charge in [-0.15, -0.1) is 0 Å². The molecular weight excluding hydrogens is 775 g/mol. The third-order valence-electron chi connectivity index (χ3n) is 12.6. The summed E-state index contributed by atoms with van der Waals surface area (Å²) in [5.41, 5.74) is 16.6. The van der Waals surface area contributed by atoms with Crippen molar-refractivity contribution in [2.45, 2.75) is 0 Å². The van der Waals surface area contributed by atoms with Crippen LogP contribution in [0.2, 0.25) is 0 Å². The molecule has 0 saturated carbocycles. The van der Waals surface area contributed by atoms with Crippen molar-refractivity contribution >= 4 is 60.5 Å². The van der Waals surface area contributed by atoms with Gasteiger partial charge >= 0.3 is 0 Å². The van der Waals surface area contributed by atoms with Crippen molar-refractivity contribution in [2.75, 3.05) is 4.90 Å². The molecule has 0 fully saturated rings. The van der Waals surface area contributed by atoms with Gasteiger partial charge in [0.1, 0.15) is 11.2 Å². The van der Waals surface area contributed by atoms with Gasteiger partial charge in [0.25, 0.3) is 0 Å². The van der Waals surface area contributed by atoms with Crippen molar-refractivity contribution in [3.8, 4) is 55.6 Å². The van der Waals surface area contributed by atoms with Crippen molar-refractivity contribution in [3.63, 3.8) is 0 Å². The number of benzene rings is 11. The second-order valence-corrected chi connectivity index (χ2v) is 16.4. The van der Waals surface area contributed by atoms with Gasteiger partial charge in [-0.1, -0.05) is 212 Å². The molecule has 0 N–H and O–H groups in total. The summed E-state index contributed by atoms with van der Waals surface area (Å²) in [6.45, 7) is 0. The Kier molecular flexibility index (Phi) is 9.20. The van der Waals surface area contributed by atoms with E-state index in [9.17, 15) is 0 Å². The van der Waals surface area contributed by atoms with Crippen LogP contribution in [0.1, 0.15) is 0 Å². The summed E-state index contributed by atoms with van der Waals surface area (Å²) < 4.78 is 6.57. The number of hydrogen-bond donors (Lipinski definition) is 0. The van der Waals surface area contributed by atoms with Gasteiger partial charge in [0.05, 0.1) is 16.8 Å². The Morgan fingerprint density at radius 2 is 0.750 bits per heavy atom. The predicted octanol–water partition coefficient (Wildman–Crippen LogP) is 17.7. The number of furan rings is 1. The molecule has 2 nitrogen and oxygen atoms in total. The molecule has 12 aromatic rings. The molecule has 0 amide bonds. The smallest absolute Gasteiger partial charge is 0.137 e. The first kappa shape index (κ1) is 37.3. The Bertz CT molecular complexity index is 3590. The van der Waals surface area contributed by atoms with Crippen LogP contribution >= 0.6 is 0 Å². The quantitative estimate of drug-likeness (QED) is 0.142. The third-order valence-corrected chi connectivity index (χ3v) is 12.6. The van der Waals surface area contributed by atoms with Crippen LogP contribution in [0.3, 0.4) is 0 Å².